The fourth-order valence-electron chi connectivity index (χ4n) is 4.46. The Kier molecular flexibility index (Phi) is 5.73. The van der Waals surface area contributed by atoms with Gasteiger partial charge in [0.1, 0.15) is 5.82 Å². The van der Waals surface area contributed by atoms with E-state index in [1.807, 2.05) is 6.20 Å². The highest BCUT2D eigenvalue weighted by Gasteiger charge is 2.26. The average Bonchev–Trinajstić information content (AvgIpc) is 3.26. The Bertz CT molecular complexity index is 991. The van der Waals surface area contributed by atoms with Gasteiger partial charge < -0.3 is 10.2 Å². The van der Waals surface area contributed by atoms with Crippen LogP contribution in [0.4, 0.5) is 9.52 Å². The van der Waals surface area contributed by atoms with Crippen molar-refractivity contribution in [2.75, 3.05) is 31.1 Å². The molecule has 0 amide bonds. The Morgan fingerprint density at radius 3 is 2.57 bits per heavy atom. The number of hydrogen-bond donors (Lipinski definition) is 1. The van der Waals surface area contributed by atoms with Gasteiger partial charge in [-0.05, 0) is 43.0 Å². The molecule has 1 aliphatic heterocycles. The minimum absolute atomic E-state index is 0.240. The third-order valence-corrected chi connectivity index (χ3v) is 7.20. The number of anilines is 1. The lowest BCUT2D eigenvalue weighted by atomic mass is 9.83. The molecule has 2 aliphatic rings. The number of hydrogen-bond acceptors (Lipinski definition) is 6. The summed E-state index contributed by atoms with van der Waals surface area (Å²) in [7, 11) is 0. The van der Waals surface area contributed by atoms with Crippen LogP contribution >= 0.6 is 11.3 Å². The number of benzene rings is 1. The maximum Gasteiger partial charge on any atom is 0.198 e. The van der Waals surface area contributed by atoms with Crippen molar-refractivity contribution >= 4 is 16.5 Å². The van der Waals surface area contributed by atoms with Crippen LogP contribution < -0.4 is 10.2 Å². The van der Waals surface area contributed by atoms with Crippen molar-refractivity contribution in [2.45, 2.75) is 38.0 Å². The SMILES string of the molecule is Fc1ccc(-c2nc(N3CCNCC3)sc2-c2n[c]ncc2C2CCCCC2)cc1. The van der Waals surface area contributed by atoms with Crippen LogP contribution in [0.15, 0.2) is 30.5 Å². The summed E-state index contributed by atoms with van der Waals surface area (Å²) in [5.74, 6) is 0.241. The highest BCUT2D eigenvalue weighted by Crippen LogP contribution is 2.44. The first-order chi connectivity index (χ1) is 14.8. The topological polar surface area (TPSA) is 53.9 Å². The van der Waals surface area contributed by atoms with Crippen LogP contribution in [0.1, 0.15) is 43.6 Å². The molecule has 1 aliphatic carbocycles. The highest BCUT2D eigenvalue weighted by molar-refractivity contribution is 7.19. The predicted molar refractivity (Wildman–Crippen MR) is 118 cm³/mol. The van der Waals surface area contributed by atoms with Crippen LogP contribution in [0.2, 0.25) is 0 Å². The third kappa shape index (κ3) is 3.96. The zero-order chi connectivity index (χ0) is 20.3. The third-order valence-electron chi connectivity index (χ3n) is 6.08. The lowest BCUT2D eigenvalue weighted by Gasteiger charge is -2.26. The minimum atomic E-state index is -0.240. The van der Waals surface area contributed by atoms with Crippen LogP contribution in [0.25, 0.3) is 21.8 Å². The fraction of sp³-hybridized carbons (Fsp3) is 0.435. The molecule has 1 saturated heterocycles. The standard InChI is InChI=1S/C23H25FN5S/c24-18-8-6-17(7-9-18)20-22(30-23(28-20)29-12-10-25-11-13-29)21-19(14-26-15-27-21)16-4-2-1-3-5-16/h6-9,14,16,25H,1-5,10-13H2. The molecule has 5 nitrogen and oxygen atoms in total. The van der Waals surface area contributed by atoms with Gasteiger partial charge in [0.05, 0.1) is 16.3 Å². The zero-order valence-corrected chi connectivity index (χ0v) is 17.7. The first-order valence-electron chi connectivity index (χ1n) is 10.8. The van der Waals surface area contributed by atoms with Gasteiger partial charge in [-0.2, -0.15) is 0 Å². The van der Waals surface area contributed by atoms with E-state index in [0.29, 0.717) is 5.92 Å². The normalized spacial score (nSPS) is 18.0. The fourth-order valence-corrected chi connectivity index (χ4v) is 5.61. The first kappa shape index (κ1) is 19.6. The minimum Gasteiger partial charge on any atom is -0.346 e. The van der Waals surface area contributed by atoms with Crippen LogP contribution in [0, 0.1) is 12.1 Å². The summed E-state index contributed by atoms with van der Waals surface area (Å²) in [6.45, 7) is 3.77. The van der Waals surface area contributed by atoms with Gasteiger partial charge in [0, 0.05) is 43.5 Å². The van der Waals surface area contributed by atoms with Gasteiger partial charge in [-0.3, -0.25) is 0 Å². The number of rotatable bonds is 4. The van der Waals surface area contributed by atoms with Crippen molar-refractivity contribution in [1.29, 1.82) is 0 Å². The molecule has 0 bridgehead atoms. The molecular formula is C23H25FN5S. The van der Waals surface area contributed by atoms with Crippen LogP contribution in [-0.2, 0) is 0 Å². The molecule has 1 aromatic carbocycles. The van der Waals surface area contributed by atoms with Gasteiger partial charge >= 0.3 is 0 Å². The number of nitrogens with zero attached hydrogens (tertiary/aromatic N) is 4. The second-order valence-corrected chi connectivity index (χ2v) is 9.00. The molecule has 0 spiro atoms. The van der Waals surface area contributed by atoms with E-state index in [9.17, 15) is 4.39 Å². The molecular weight excluding hydrogens is 397 g/mol. The largest absolute Gasteiger partial charge is 0.346 e. The van der Waals surface area contributed by atoms with Gasteiger partial charge in [0.2, 0.25) is 0 Å². The van der Waals surface area contributed by atoms with E-state index < -0.39 is 0 Å². The molecule has 1 saturated carbocycles. The second kappa shape index (κ2) is 8.78. The number of aromatic nitrogens is 3. The smallest absolute Gasteiger partial charge is 0.198 e. The molecule has 2 aromatic heterocycles. The lowest BCUT2D eigenvalue weighted by Crippen LogP contribution is -2.43. The zero-order valence-electron chi connectivity index (χ0n) is 16.9. The van der Waals surface area contributed by atoms with Crippen molar-refractivity contribution in [1.82, 2.24) is 20.3 Å². The quantitative estimate of drug-likeness (QED) is 0.663. The van der Waals surface area contributed by atoms with Gasteiger partial charge in [0.15, 0.2) is 11.5 Å². The Hall–Kier alpha value is -2.38. The molecule has 0 atom stereocenters. The summed E-state index contributed by atoms with van der Waals surface area (Å²) >= 11 is 1.68. The molecule has 1 N–H and O–H groups in total. The summed E-state index contributed by atoms with van der Waals surface area (Å²) in [6.07, 6.45) is 10.9. The molecule has 3 heterocycles. The number of piperazine rings is 1. The maximum absolute atomic E-state index is 13.6. The molecule has 2 fully saturated rings. The van der Waals surface area contributed by atoms with Crippen molar-refractivity contribution < 1.29 is 4.39 Å². The molecule has 1 radical (unpaired) electrons. The second-order valence-electron chi connectivity index (χ2n) is 8.03. The molecule has 5 rings (SSSR count). The van der Waals surface area contributed by atoms with Gasteiger partial charge in [-0.1, -0.05) is 30.6 Å². The molecule has 7 heteroatoms. The Balaban J connectivity index is 1.61. The van der Waals surface area contributed by atoms with Crippen LogP contribution in [0.3, 0.4) is 0 Å². The highest BCUT2D eigenvalue weighted by atomic mass is 32.1. The molecule has 30 heavy (non-hydrogen) atoms. The van der Waals surface area contributed by atoms with Crippen molar-refractivity contribution in [3.8, 4) is 21.8 Å². The van der Waals surface area contributed by atoms with E-state index in [1.165, 1.54) is 49.8 Å². The van der Waals surface area contributed by atoms with E-state index in [1.54, 1.807) is 23.5 Å². The Labute approximate surface area is 180 Å². The Morgan fingerprint density at radius 1 is 1.03 bits per heavy atom. The summed E-state index contributed by atoms with van der Waals surface area (Å²) in [5.41, 5.74) is 3.93. The van der Waals surface area contributed by atoms with E-state index in [2.05, 4.69) is 26.5 Å². The van der Waals surface area contributed by atoms with Gasteiger partial charge in [-0.15, -0.1) is 0 Å². The predicted octanol–water partition coefficient (Wildman–Crippen LogP) is 4.66. The van der Waals surface area contributed by atoms with E-state index in [0.717, 1.165) is 53.1 Å². The van der Waals surface area contributed by atoms with Gasteiger partial charge in [-0.25, -0.2) is 19.3 Å². The first-order valence-corrected chi connectivity index (χ1v) is 11.6. The lowest BCUT2D eigenvalue weighted by molar-refractivity contribution is 0.443. The summed E-state index contributed by atoms with van der Waals surface area (Å²) < 4.78 is 13.6. The molecule has 3 aromatic rings. The summed E-state index contributed by atoms with van der Waals surface area (Å²) in [4.78, 5) is 17.2. The van der Waals surface area contributed by atoms with E-state index in [4.69, 9.17) is 4.98 Å². The average molecular weight is 423 g/mol. The monoisotopic (exact) mass is 422 g/mol. The van der Waals surface area contributed by atoms with Crippen molar-refractivity contribution in [2.24, 2.45) is 0 Å². The number of nitrogens with one attached hydrogen (secondary N) is 1. The van der Waals surface area contributed by atoms with Crippen molar-refractivity contribution in [3.63, 3.8) is 0 Å². The van der Waals surface area contributed by atoms with Gasteiger partial charge in [0.25, 0.3) is 0 Å². The summed E-state index contributed by atoms with van der Waals surface area (Å²) in [5, 5.41) is 4.39. The summed E-state index contributed by atoms with van der Waals surface area (Å²) in [6, 6.07) is 6.61. The van der Waals surface area contributed by atoms with Crippen LogP contribution in [-0.4, -0.2) is 41.1 Å². The molecule has 0 unspecified atom stereocenters. The van der Waals surface area contributed by atoms with E-state index >= 15 is 0 Å². The molecule has 155 valence electrons. The number of halogens is 1. The van der Waals surface area contributed by atoms with Crippen LogP contribution in [0.5, 0.6) is 0 Å². The van der Waals surface area contributed by atoms with E-state index in [-0.39, 0.29) is 5.82 Å². The number of thiazole rings is 1. The van der Waals surface area contributed by atoms with Crippen molar-refractivity contribution in [3.05, 3.63) is 48.2 Å². The maximum atomic E-state index is 13.6. The Morgan fingerprint density at radius 2 is 1.80 bits per heavy atom.